The lowest BCUT2D eigenvalue weighted by molar-refractivity contribution is 0.598. The van der Waals surface area contributed by atoms with Crippen molar-refractivity contribution in [3.63, 3.8) is 0 Å². The predicted octanol–water partition coefficient (Wildman–Crippen LogP) is 2.31. The highest BCUT2D eigenvalue weighted by Gasteiger charge is 2.24. The third kappa shape index (κ3) is 3.45. The lowest BCUT2D eigenvalue weighted by Gasteiger charge is -2.11. The molecule has 0 aliphatic heterocycles. The van der Waals surface area contributed by atoms with Crippen LogP contribution < -0.4 is 10.0 Å². The number of anilines is 1. The molecule has 1 aromatic carbocycles. The van der Waals surface area contributed by atoms with Gasteiger partial charge in [0.2, 0.25) is 0 Å². The summed E-state index contributed by atoms with van der Waals surface area (Å²) < 4.78 is 28.5. The lowest BCUT2D eigenvalue weighted by atomic mass is 10.2. The van der Waals surface area contributed by atoms with E-state index in [0.717, 1.165) is 5.56 Å². The number of aromatic nitrogens is 2. The summed E-state index contributed by atoms with van der Waals surface area (Å²) in [5.41, 5.74) is 2.45. The Morgan fingerprint density at radius 2 is 2.05 bits per heavy atom. The molecule has 0 amide bonds. The molecule has 2 rings (SSSR count). The zero-order valence-corrected chi connectivity index (χ0v) is 14.4. The minimum absolute atomic E-state index is 0.185. The van der Waals surface area contributed by atoms with E-state index in [1.54, 1.807) is 20.0 Å². The highest BCUT2D eigenvalue weighted by atomic mass is 79.9. The first-order chi connectivity index (χ1) is 9.85. The quantitative estimate of drug-likeness (QED) is 0.751. The largest absolute Gasteiger partial charge is 0.314 e. The first kappa shape index (κ1) is 16.0. The fraction of sp³-hybridized carbons (Fsp3) is 0.308. The van der Waals surface area contributed by atoms with Gasteiger partial charge in [-0.3, -0.25) is 9.82 Å². The summed E-state index contributed by atoms with van der Waals surface area (Å²) in [6, 6.07) is 5.48. The predicted molar refractivity (Wildman–Crippen MR) is 85.8 cm³/mol. The van der Waals surface area contributed by atoms with Gasteiger partial charge in [-0.2, -0.15) is 5.10 Å². The number of nitrogens with one attached hydrogen (secondary N) is 3. The molecule has 0 aliphatic carbocycles. The Balaban J connectivity index is 2.43. The van der Waals surface area contributed by atoms with E-state index in [9.17, 15) is 8.42 Å². The van der Waals surface area contributed by atoms with Crippen molar-refractivity contribution in [1.29, 1.82) is 0 Å². The van der Waals surface area contributed by atoms with Gasteiger partial charge in [-0.25, -0.2) is 8.42 Å². The summed E-state index contributed by atoms with van der Waals surface area (Å²) in [6.45, 7) is 3.96. The number of rotatable bonds is 5. The number of aromatic amines is 1. The van der Waals surface area contributed by atoms with Crippen molar-refractivity contribution in [2.24, 2.45) is 0 Å². The molecule has 114 valence electrons. The van der Waals surface area contributed by atoms with Gasteiger partial charge in [-0.05, 0) is 54.5 Å². The number of aryl methyl sites for hydroxylation is 2. The van der Waals surface area contributed by atoms with E-state index < -0.39 is 10.0 Å². The first-order valence-corrected chi connectivity index (χ1v) is 8.60. The van der Waals surface area contributed by atoms with Crippen LogP contribution in [0.5, 0.6) is 0 Å². The maximum atomic E-state index is 12.6. The third-order valence-corrected chi connectivity index (χ3v) is 5.20. The molecule has 21 heavy (non-hydrogen) atoms. The number of sulfonamides is 1. The van der Waals surface area contributed by atoms with Crippen LogP contribution in [0.15, 0.2) is 27.6 Å². The lowest BCUT2D eigenvalue weighted by Crippen LogP contribution is -2.17. The molecular formula is C13H17BrN4O2S. The van der Waals surface area contributed by atoms with E-state index in [0.29, 0.717) is 28.1 Å². The number of hydrogen-bond donors (Lipinski definition) is 3. The van der Waals surface area contributed by atoms with Crippen molar-refractivity contribution in [3.05, 3.63) is 39.6 Å². The van der Waals surface area contributed by atoms with Gasteiger partial charge in [0.15, 0.2) is 0 Å². The Hall–Kier alpha value is -1.38. The molecule has 1 heterocycles. The smallest absolute Gasteiger partial charge is 0.265 e. The average Bonchev–Trinajstić information content (AvgIpc) is 2.76. The molecule has 6 nitrogen and oxygen atoms in total. The van der Waals surface area contributed by atoms with Gasteiger partial charge in [-0.1, -0.05) is 6.07 Å². The molecular weight excluding hydrogens is 356 g/mol. The van der Waals surface area contributed by atoms with Gasteiger partial charge in [0.1, 0.15) is 4.90 Å². The van der Waals surface area contributed by atoms with Gasteiger partial charge < -0.3 is 5.32 Å². The number of nitrogens with zero attached hydrogens (tertiary/aromatic N) is 1. The van der Waals surface area contributed by atoms with E-state index in [1.165, 1.54) is 0 Å². The van der Waals surface area contributed by atoms with Gasteiger partial charge >= 0.3 is 0 Å². The number of hydrogen-bond acceptors (Lipinski definition) is 4. The van der Waals surface area contributed by atoms with Crippen LogP contribution in [-0.2, 0) is 16.6 Å². The van der Waals surface area contributed by atoms with Crippen LogP contribution in [0.3, 0.4) is 0 Å². The summed E-state index contributed by atoms with van der Waals surface area (Å²) in [5.74, 6) is 0. The monoisotopic (exact) mass is 372 g/mol. The minimum atomic E-state index is -3.71. The van der Waals surface area contributed by atoms with E-state index >= 15 is 0 Å². The Morgan fingerprint density at radius 1 is 1.33 bits per heavy atom. The van der Waals surface area contributed by atoms with E-state index in [4.69, 9.17) is 0 Å². The van der Waals surface area contributed by atoms with Crippen molar-refractivity contribution in [1.82, 2.24) is 15.5 Å². The maximum absolute atomic E-state index is 12.6. The number of benzene rings is 1. The molecule has 2 aromatic rings. The second-order valence-electron chi connectivity index (χ2n) is 4.74. The molecule has 8 heteroatoms. The van der Waals surface area contributed by atoms with Crippen LogP contribution in [0.2, 0.25) is 0 Å². The second-order valence-corrected chi connectivity index (χ2v) is 7.22. The normalized spacial score (nSPS) is 11.6. The standard InChI is InChI=1S/C13H17BrN4O2S/c1-8-4-5-10(14)11(6-8)18-21(19,20)13-9(2)16-17-12(13)7-15-3/h4-6,15,18H,7H2,1-3H3,(H,16,17). The molecule has 3 N–H and O–H groups in total. The van der Waals surface area contributed by atoms with E-state index in [-0.39, 0.29) is 4.90 Å². The zero-order valence-electron chi connectivity index (χ0n) is 12.0. The van der Waals surface area contributed by atoms with E-state index in [2.05, 4.69) is 36.2 Å². The topological polar surface area (TPSA) is 86.9 Å². The molecule has 0 atom stereocenters. The molecule has 0 saturated heterocycles. The molecule has 0 aliphatic rings. The SMILES string of the molecule is CNCc1n[nH]c(C)c1S(=O)(=O)Nc1cc(C)ccc1Br. The molecule has 0 unspecified atom stereocenters. The second kappa shape index (κ2) is 6.17. The van der Waals surface area contributed by atoms with Crippen molar-refractivity contribution >= 4 is 31.6 Å². The van der Waals surface area contributed by atoms with Crippen LogP contribution in [0.25, 0.3) is 0 Å². The summed E-state index contributed by atoms with van der Waals surface area (Å²) in [4.78, 5) is 0.185. The van der Waals surface area contributed by atoms with Crippen LogP contribution in [-0.4, -0.2) is 25.7 Å². The first-order valence-electron chi connectivity index (χ1n) is 6.32. The summed E-state index contributed by atoms with van der Waals surface area (Å²) in [5, 5.41) is 9.66. The Kier molecular flexibility index (Phi) is 4.70. The maximum Gasteiger partial charge on any atom is 0.265 e. The molecule has 1 aromatic heterocycles. The van der Waals surface area contributed by atoms with Crippen molar-refractivity contribution in [2.75, 3.05) is 11.8 Å². The molecule has 0 radical (unpaired) electrons. The van der Waals surface area contributed by atoms with Gasteiger partial charge in [0, 0.05) is 11.0 Å². The van der Waals surface area contributed by atoms with Gasteiger partial charge in [0.05, 0.1) is 17.1 Å². The molecule has 0 bridgehead atoms. The van der Waals surface area contributed by atoms with E-state index in [1.807, 2.05) is 19.1 Å². The molecule has 0 spiro atoms. The Bertz CT molecular complexity index is 756. The summed E-state index contributed by atoms with van der Waals surface area (Å²) >= 11 is 3.35. The zero-order chi connectivity index (χ0) is 15.6. The fourth-order valence-corrected chi connectivity index (χ4v) is 3.94. The van der Waals surface area contributed by atoms with Crippen molar-refractivity contribution in [3.8, 4) is 0 Å². The van der Waals surface area contributed by atoms with Gasteiger partial charge in [0.25, 0.3) is 10.0 Å². The summed E-state index contributed by atoms with van der Waals surface area (Å²) in [7, 11) is -1.97. The summed E-state index contributed by atoms with van der Waals surface area (Å²) in [6.07, 6.45) is 0. The van der Waals surface area contributed by atoms with Crippen molar-refractivity contribution in [2.45, 2.75) is 25.3 Å². The third-order valence-electron chi connectivity index (χ3n) is 2.94. The highest BCUT2D eigenvalue weighted by Crippen LogP contribution is 2.27. The van der Waals surface area contributed by atoms with Gasteiger partial charge in [-0.15, -0.1) is 0 Å². The van der Waals surface area contributed by atoms with Crippen LogP contribution in [0.4, 0.5) is 5.69 Å². The Morgan fingerprint density at radius 3 is 2.71 bits per heavy atom. The number of H-pyrrole nitrogens is 1. The van der Waals surface area contributed by atoms with Crippen LogP contribution >= 0.6 is 15.9 Å². The van der Waals surface area contributed by atoms with Crippen molar-refractivity contribution < 1.29 is 8.42 Å². The van der Waals surface area contributed by atoms with Crippen LogP contribution in [0.1, 0.15) is 17.0 Å². The highest BCUT2D eigenvalue weighted by molar-refractivity contribution is 9.10. The number of halogens is 1. The van der Waals surface area contributed by atoms with Crippen LogP contribution in [0, 0.1) is 13.8 Å². The minimum Gasteiger partial charge on any atom is -0.314 e. The average molecular weight is 373 g/mol. The Labute approximate surface area is 132 Å². The molecule has 0 saturated carbocycles. The fourth-order valence-electron chi connectivity index (χ4n) is 2.03. The molecule has 0 fully saturated rings.